The van der Waals surface area contributed by atoms with Gasteiger partial charge in [0.15, 0.2) is 5.89 Å². The Balaban J connectivity index is 1.15. The summed E-state index contributed by atoms with van der Waals surface area (Å²) in [5.74, 6) is 2.85. The van der Waals surface area contributed by atoms with E-state index in [-0.39, 0.29) is 16.8 Å². The van der Waals surface area contributed by atoms with Gasteiger partial charge in [-0.3, -0.25) is 4.79 Å². The van der Waals surface area contributed by atoms with Gasteiger partial charge in [0.05, 0.1) is 19.4 Å². The third-order valence-electron chi connectivity index (χ3n) is 8.01. The number of allylic oxidation sites excluding steroid dienone is 3. The standard InChI is InChI=1S/C28H33NO4/c1-4-20-5-7-21(8-6-20)15-25-29-24(19(2)33-25)11-14-32-23-10-13-28-18-27(28,17-23)12-9-22(28)16-26(30)31-3/h5-8,10,13,17,22H,4,9,11-12,14-16,18H2,1-3H3/t22-,27?,28?/m0/s1. The Bertz CT molecular complexity index is 1100. The number of oxazole rings is 1. The Hall–Kier alpha value is -2.82. The van der Waals surface area contributed by atoms with E-state index in [1.807, 2.05) is 6.92 Å². The minimum Gasteiger partial charge on any atom is -0.494 e. The van der Waals surface area contributed by atoms with Crippen LogP contribution in [0.15, 0.2) is 52.7 Å². The van der Waals surface area contributed by atoms with Crippen LogP contribution >= 0.6 is 0 Å². The zero-order valence-corrected chi connectivity index (χ0v) is 19.9. The lowest BCUT2D eigenvalue weighted by Gasteiger charge is -2.23. The summed E-state index contributed by atoms with van der Waals surface area (Å²) in [6.07, 6.45) is 13.0. The maximum Gasteiger partial charge on any atom is 0.305 e. The molecule has 1 aromatic heterocycles. The molecule has 0 spiro atoms. The number of nitrogens with zero attached hydrogens (tertiary/aromatic N) is 1. The maximum absolute atomic E-state index is 11.8. The molecule has 2 aromatic rings. The normalized spacial score (nSPS) is 27.0. The zero-order valence-electron chi connectivity index (χ0n) is 19.9. The van der Waals surface area contributed by atoms with E-state index in [9.17, 15) is 4.79 Å². The Morgan fingerprint density at radius 1 is 1.24 bits per heavy atom. The summed E-state index contributed by atoms with van der Waals surface area (Å²) in [5.41, 5.74) is 3.84. The van der Waals surface area contributed by atoms with E-state index in [4.69, 9.17) is 18.9 Å². The average Bonchev–Trinajstić information content (AvgIpc) is 3.24. The van der Waals surface area contributed by atoms with Crippen LogP contribution in [0, 0.1) is 23.7 Å². The second-order valence-corrected chi connectivity index (χ2v) is 9.82. The van der Waals surface area contributed by atoms with Crippen molar-refractivity contribution in [2.45, 2.75) is 58.8 Å². The number of carbonyl (C=O) groups excluding carboxylic acids is 1. The van der Waals surface area contributed by atoms with Crippen LogP contribution in [-0.2, 0) is 33.5 Å². The van der Waals surface area contributed by atoms with Crippen LogP contribution in [-0.4, -0.2) is 24.7 Å². The van der Waals surface area contributed by atoms with Gasteiger partial charge in [-0.15, -0.1) is 0 Å². The lowest BCUT2D eigenvalue weighted by atomic mass is 9.83. The van der Waals surface area contributed by atoms with Crippen LogP contribution < -0.4 is 0 Å². The molecule has 0 saturated heterocycles. The summed E-state index contributed by atoms with van der Waals surface area (Å²) < 4.78 is 17.0. The molecule has 2 saturated carbocycles. The van der Waals surface area contributed by atoms with Crippen LogP contribution in [0.5, 0.6) is 0 Å². The molecule has 0 amide bonds. The average molecular weight is 448 g/mol. The zero-order chi connectivity index (χ0) is 23.1. The highest BCUT2D eigenvalue weighted by Gasteiger charge is 2.72. The number of methoxy groups -OCH3 is 1. The quantitative estimate of drug-likeness (QED) is 0.475. The van der Waals surface area contributed by atoms with Crippen LogP contribution in [0.3, 0.4) is 0 Å². The second kappa shape index (κ2) is 8.51. The molecule has 3 aliphatic rings. The number of esters is 1. The molecule has 0 bridgehead atoms. The fraction of sp³-hybridized carbons (Fsp3) is 0.500. The second-order valence-electron chi connectivity index (χ2n) is 9.82. The molecule has 5 heteroatoms. The number of aromatic nitrogens is 1. The van der Waals surface area contributed by atoms with Crippen molar-refractivity contribution in [2.75, 3.05) is 13.7 Å². The SMILES string of the molecule is CCc1ccc(Cc2nc(CCOC3=CC45CC[C@@H](CC(=O)OC)C4(C=C3)C5)c(C)o2)cc1. The van der Waals surface area contributed by atoms with Crippen molar-refractivity contribution in [3.8, 4) is 0 Å². The van der Waals surface area contributed by atoms with E-state index < -0.39 is 0 Å². The minimum atomic E-state index is -0.100. The van der Waals surface area contributed by atoms with Crippen LogP contribution in [0.25, 0.3) is 0 Å². The maximum atomic E-state index is 11.8. The first-order chi connectivity index (χ1) is 16.0. The Labute approximate surface area is 195 Å². The predicted molar refractivity (Wildman–Crippen MR) is 126 cm³/mol. The molecular weight excluding hydrogens is 414 g/mol. The molecule has 3 atom stereocenters. The van der Waals surface area contributed by atoms with Gasteiger partial charge in [0, 0.05) is 30.1 Å². The van der Waals surface area contributed by atoms with Gasteiger partial charge in [0.2, 0.25) is 0 Å². The molecule has 1 aromatic carbocycles. The first kappa shape index (κ1) is 22.0. The molecular formula is C28H33NO4. The molecule has 5 nitrogen and oxygen atoms in total. The smallest absolute Gasteiger partial charge is 0.305 e. The van der Waals surface area contributed by atoms with Crippen molar-refractivity contribution in [3.05, 3.63) is 76.7 Å². The van der Waals surface area contributed by atoms with E-state index in [2.05, 4.69) is 49.4 Å². The molecule has 2 unspecified atom stereocenters. The third-order valence-corrected chi connectivity index (χ3v) is 8.01. The van der Waals surface area contributed by atoms with Crippen molar-refractivity contribution in [1.82, 2.24) is 4.98 Å². The highest BCUT2D eigenvalue weighted by atomic mass is 16.5. The highest BCUT2D eigenvalue weighted by molar-refractivity contribution is 5.70. The fourth-order valence-corrected chi connectivity index (χ4v) is 6.00. The van der Waals surface area contributed by atoms with E-state index in [0.29, 0.717) is 25.4 Å². The van der Waals surface area contributed by atoms with Gasteiger partial charge in [-0.05, 0) is 61.8 Å². The molecule has 174 valence electrons. The number of carbonyl (C=O) groups is 1. The molecule has 0 radical (unpaired) electrons. The number of ether oxygens (including phenoxy) is 2. The Morgan fingerprint density at radius 3 is 2.79 bits per heavy atom. The summed E-state index contributed by atoms with van der Waals surface area (Å²) in [4.78, 5) is 16.5. The van der Waals surface area contributed by atoms with E-state index in [1.165, 1.54) is 18.2 Å². The van der Waals surface area contributed by atoms with Gasteiger partial charge >= 0.3 is 5.97 Å². The molecule has 5 rings (SSSR count). The number of rotatable bonds is 9. The minimum absolute atomic E-state index is 0.100. The van der Waals surface area contributed by atoms with E-state index in [1.54, 1.807) is 0 Å². The summed E-state index contributed by atoms with van der Waals surface area (Å²) in [6, 6.07) is 8.64. The van der Waals surface area contributed by atoms with Crippen molar-refractivity contribution in [1.29, 1.82) is 0 Å². The number of aryl methyl sites for hydroxylation is 2. The largest absolute Gasteiger partial charge is 0.494 e. The Kier molecular flexibility index (Phi) is 5.67. The molecule has 0 aliphatic heterocycles. The van der Waals surface area contributed by atoms with E-state index >= 15 is 0 Å². The number of hydrogen-bond acceptors (Lipinski definition) is 5. The molecule has 2 fully saturated rings. The number of benzene rings is 1. The summed E-state index contributed by atoms with van der Waals surface area (Å²) >= 11 is 0. The molecule has 33 heavy (non-hydrogen) atoms. The van der Waals surface area contributed by atoms with Crippen molar-refractivity contribution in [2.24, 2.45) is 16.7 Å². The van der Waals surface area contributed by atoms with Crippen LogP contribution in [0.1, 0.15) is 61.1 Å². The lowest BCUT2D eigenvalue weighted by Crippen LogP contribution is -2.19. The summed E-state index contributed by atoms with van der Waals surface area (Å²) in [5, 5.41) is 0. The highest BCUT2D eigenvalue weighted by Crippen LogP contribution is 2.79. The first-order valence-electron chi connectivity index (χ1n) is 12.1. The van der Waals surface area contributed by atoms with Crippen LogP contribution in [0.4, 0.5) is 0 Å². The number of hydrogen-bond donors (Lipinski definition) is 0. The predicted octanol–water partition coefficient (Wildman–Crippen LogP) is 5.50. The molecule has 0 N–H and O–H groups in total. The summed E-state index contributed by atoms with van der Waals surface area (Å²) in [7, 11) is 1.47. The van der Waals surface area contributed by atoms with Crippen molar-refractivity contribution in [3.63, 3.8) is 0 Å². The van der Waals surface area contributed by atoms with Gasteiger partial charge in [-0.2, -0.15) is 0 Å². The van der Waals surface area contributed by atoms with Gasteiger partial charge in [0.25, 0.3) is 0 Å². The first-order valence-corrected chi connectivity index (χ1v) is 12.1. The van der Waals surface area contributed by atoms with Gasteiger partial charge in [0.1, 0.15) is 11.5 Å². The van der Waals surface area contributed by atoms with E-state index in [0.717, 1.165) is 55.2 Å². The van der Waals surface area contributed by atoms with Crippen LogP contribution in [0.2, 0.25) is 0 Å². The monoisotopic (exact) mass is 447 g/mol. The van der Waals surface area contributed by atoms with Gasteiger partial charge in [-0.25, -0.2) is 4.98 Å². The molecule has 3 aliphatic carbocycles. The van der Waals surface area contributed by atoms with Gasteiger partial charge in [-0.1, -0.05) is 37.3 Å². The van der Waals surface area contributed by atoms with Crippen molar-refractivity contribution < 1.29 is 18.7 Å². The molecule has 1 heterocycles. The van der Waals surface area contributed by atoms with Crippen molar-refractivity contribution >= 4 is 5.97 Å². The Morgan fingerprint density at radius 2 is 2.03 bits per heavy atom. The lowest BCUT2D eigenvalue weighted by molar-refractivity contribution is -0.142. The topological polar surface area (TPSA) is 61.6 Å². The summed E-state index contributed by atoms with van der Waals surface area (Å²) in [6.45, 7) is 4.71. The van der Waals surface area contributed by atoms with Gasteiger partial charge < -0.3 is 13.9 Å². The third kappa shape index (κ3) is 4.03. The fourth-order valence-electron chi connectivity index (χ4n) is 6.00.